The van der Waals surface area contributed by atoms with E-state index in [9.17, 15) is 13.2 Å². The Labute approximate surface area is 105 Å². The van der Waals surface area contributed by atoms with E-state index in [1.807, 2.05) is 6.07 Å². The molecule has 0 atom stereocenters. The molecule has 0 saturated heterocycles. The Hall–Kier alpha value is -1.57. The zero-order valence-corrected chi connectivity index (χ0v) is 9.95. The number of aromatic nitrogens is 4. The van der Waals surface area contributed by atoms with E-state index < -0.39 is 12.6 Å². The fourth-order valence-corrected chi connectivity index (χ4v) is 2.13. The Morgan fingerprint density at radius 3 is 2.56 bits per heavy atom. The summed E-state index contributed by atoms with van der Waals surface area (Å²) < 4.78 is 37.5. The SMILES string of the molecule is FC(F)(F)CCSc1nnnn1-c1ccccc1. The van der Waals surface area contributed by atoms with Crippen molar-refractivity contribution < 1.29 is 13.2 Å². The first-order chi connectivity index (χ1) is 8.56. The lowest BCUT2D eigenvalue weighted by molar-refractivity contribution is -0.129. The molecular formula is C10H9F3N4S. The number of nitrogens with zero attached hydrogens (tertiary/aromatic N) is 4. The fraction of sp³-hybridized carbons (Fsp3) is 0.300. The second kappa shape index (κ2) is 5.38. The van der Waals surface area contributed by atoms with Crippen LogP contribution in [0.1, 0.15) is 6.42 Å². The van der Waals surface area contributed by atoms with Gasteiger partial charge in [-0.2, -0.15) is 17.9 Å². The van der Waals surface area contributed by atoms with Crippen LogP contribution in [-0.2, 0) is 0 Å². The highest BCUT2D eigenvalue weighted by Gasteiger charge is 2.26. The zero-order valence-electron chi connectivity index (χ0n) is 9.13. The first kappa shape index (κ1) is 12.9. The van der Waals surface area contributed by atoms with Crippen LogP contribution in [-0.4, -0.2) is 32.1 Å². The second-order valence-electron chi connectivity index (χ2n) is 3.42. The quantitative estimate of drug-likeness (QED) is 0.804. The average molecular weight is 274 g/mol. The van der Waals surface area contributed by atoms with Crippen molar-refractivity contribution in [2.75, 3.05) is 5.75 Å². The Balaban J connectivity index is 2.05. The zero-order chi connectivity index (χ0) is 13.0. The number of alkyl halides is 3. The van der Waals surface area contributed by atoms with E-state index in [2.05, 4.69) is 15.5 Å². The molecule has 0 unspecified atom stereocenters. The molecule has 0 saturated carbocycles. The van der Waals surface area contributed by atoms with Crippen molar-refractivity contribution in [1.82, 2.24) is 20.2 Å². The molecule has 1 heterocycles. The summed E-state index contributed by atoms with van der Waals surface area (Å²) in [4.78, 5) is 0. The number of hydrogen-bond donors (Lipinski definition) is 0. The van der Waals surface area contributed by atoms with Crippen molar-refractivity contribution in [3.63, 3.8) is 0 Å². The monoisotopic (exact) mass is 274 g/mol. The number of benzene rings is 1. The summed E-state index contributed by atoms with van der Waals surface area (Å²) in [6.07, 6.45) is -5.02. The highest BCUT2D eigenvalue weighted by Crippen LogP contribution is 2.25. The minimum Gasteiger partial charge on any atom is -0.188 e. The van der Waals surface area contributed by atoms with Crippen LogP contribution in [0.5, 0.6) is 0 Å². The minimum absolute atomic E-state index is 0.100. The molecular weight excluding hydrogens is 265 g/mol. The van der Waals surface area contributed by atoms with Gasteiger partial charge in [0, 0.05) is 5.75 Å². The van der Waals surface area contributed by atoms with E-state index >= 15 is 0 Å². The van der Waals surface area contributed by atoms with Gasteiger partial charge in [0.2, 0.25) is 5.16 Å². The van der Waals surface area contributed by atoms with Crippen molar-refractivity contribution >= 4 is 11.8 Å². The molecule has 0 N–H and O–H groups in total. The minimum atomic E-state index is -4.15. The molecule has 8 heteroatoms. The molecule has 96 valence electrons. The van der Waals surface area contributed by atoms with E-state index in [4.69, 9.17) is 0 Å². The topological polar surface area (TPSA) is 43.6 Å². The van der Waals surface area contributed by atoms with Crippen LogP contribution in [0.25, 0.3) is 5.69 Å². The van der Waals surface area contributed by atoms with E-state index in [1.165, 1.54) is 4.68 Å². The largest absolute Gasteiger partial charge is 0.389 e. The normalized spacial score (nSPS) is 11.7. The first-order valence-electron chi connectivity index (χ1n) is 5.09. The van der Waals surface area contributed by atoms with Gasteiger partial charge in [-0.05, 0) is 22.6 Å². The molecule has 0 bridgehead atoms. The van der Waals surface area contributed by atoms with Gasteiger partial charge in [-0.25, -0.2) is 0 Å². The predicted octanol–water partition coefficient (Wildman–Crippen LogP) is 2.71. The fourth-order valence-electron chi connectivity index (χ4n) is 1.26. The predicted molar refractivity (Wildman–Crippen MR) is 60.6 cm³/mol. The first-order valence-corrected chi connectivity index (χ1v) is 6.08. The molecule has 18 heavy (non-hydrogen) atoms. The number of hydrogen-bond acceptors (Lipinski definition) is 4. The number of para-hydroxylation sites is 1. The maximum atomic E-state index is 12.0. The molecule has 2 rings (SSSR count). The molecule has 4 nitrogen and oxygen atoms in total. The van der Waals surface area contributed by atoms with Crippen LogP contribution in [0.4, 0.5) is 13.2 Å². The molecule has 0 radical (unpaired) electrons. The second-order valence-corrected chi connectivity index (χ2v) is 4.48. The van der Waals surface area contributed by atoms with E-state index in [1.54, 1.807) is 24.3 Å². The molecule has 1 aromatic carbocycles. The maximum absolute atomic E-state index is 12.0. The van der Waals surface area contributed by atoms with Gasteiger partial charge in [0.15, 0.2) is 0 Å². The lowest BCUT2D eigenvalue weighted by atomic mass is 10.3. The molecule has 0 fully saturated rings. The third-order valence-corrected chi connectivity index (χ3v) is 2.98. The Kier molecular flexibility index (Phi) is 3.85. The number of tetrazole rings is 1. The third-order valence-electron chi connectivity index (χ3n) is 2.06. The van der Waals surface area contributed by atoms with Crippen LogP contribution < -0.4 is 0 Å². The maximum Gasteiger partial charge on any atom is 0.389 e. The van der Waals surface area contributed by atoms with Crippen molar-refractivity contribution in [1.29, 1.82) is 0 Å². The summed E-state index contributed by atoms with van der Waals surface area (Å²) in [6, 6.07) is 9.01. The smallest absolute Gasteiger partial charge is 0.188 e. The van der Waals surface area contributed by atoms with Crippen molar-refractivity contribution in [2.24, 2.45) is 0 Å². The van der Waals surface area contributed by atoms with E-state index in [0.717, 1.165) is 17.4 Å². The van der Waals surface area contributed by atoms with Crippen LogP contribution >= 0.6 is 11.8 Å². The highest BCUT2D eigenvalue weighted by molar-refractivity contribution is 7.99. The summed E-state index contributed by atoms with van der Waals surface area (Å²) in [5, 5.41) is 11.3. The summed E-state index contributed by atoms with van der Waals surface area (Å²) in [6.45, 7) is 0. The van der Waals surface area contributed by atoms with Gasteiger partial charge >= 0.3 is 6.18 Å². The molecule has 0 amide bonds. The van der Waals surface area contributed by atoms with Crippen LogP contribution in [0.3, 0.4) is 0 Å². The van der Waals surface area contributed by atoms with Gasteiger partial charge < -0.3 is 0 Å². The van der Waals surface area contributed by atoms with Crippen molar-refractivity contribution in [3.05, 3.63) is 30.3 Å². The molecule has 0 aliphatic heterocycles. The number of halogens is 3. The summed E-state index contributed by atoms with van der Waals surface area (Å²) >= 11 is 0.982. The van der Waals surface area contributed by atoms with E-state index in [0.29, 0.717) is 5.16 Å². The van der Waals surface area contributed by atoms with Crippen LogP contribution in [0.2, 0.25) is 0 Å². The summed E-state index contributed by atoms with van der Waals surface area (Å²) in [5.41, 5.74) is 0.719. The number of thioether (sulfide) groups is 1. The van der Waals surface area contributed by atoms with Crippen molar-refractivity contribution in [2.45, 2.75) is 17.8 Å². The lowest BCUT2D eigenvalue weighted by Gasteiger charge is -2.06. The Morgan fingerprint density at radius 2 is 1.89 bits per heavy atom. The van der Waals surface area contributed by atoms with Gasteiger partial charge in [-0.3, -0.25) is 0 Å². The highest BCUT2D eigenvalue weighted by atomic mass is 32.2. The van der Waals surface area contributed by atoms with Gasteiger partial charge in [0.1, 0.15) is 0 Å². The van der Waals surface area contributed by atoms with Gasteiger partial charge in [-0.1, -0.05) is 30.0 Å². The molecule has 2 aromatic rings. The molecule has 0 aliphatic rings. The lowest BCUT2D eigenvalue weighted by Crippen LogP contribution is -2.08. The molecule has 1 aromatic heterocycles. The van der Waals surface area contributed by atoms with Gasteiger partial charge in [0.25, 0.3) is 0 Å². The third kappa shape index (κ3) is 3.46. The van der Waals surface area contributed by atoms with Crippen LogP contribution in [0, 0.1) is 0 Å². The number of rotatable bonds is 4. The van der Waals surface area contributed by atoms with Gasteiger partial charge in [0.05, 0.1) is 12.1 Å². The summed E-state index contributed by atoms with van der Waals surface area (Å²) in [7, 11) is 0. The van der Waals surface area contributed by atoms with Crippen molar-refractivity contribution in [3.8, 4) is 5.69 Å². The van der Waals surface area contributed by atoms with E-state index in [-0.39, 0.29) is 5.75 Å². The standard InChI is InChI=1S/C10H9F3N4S/c11-10(12,13)6-7-18-9-14-15-16-17(9)8-4-2-1-3-5-8/h1-5H,6-7H2. The molecule has 0 spiro atoms. The van der Waals surface area contributed by atoms with Crippen LogP contribution in [0.15, 0.2) is 35.5 Å². The summed E-state index contributed by atoms with van der Waals surface area (Å²) in [5.74, 6) is -0.100. The molecule has 0 aliphatic carbocycles. The van der Waals surface area contributed by atoms with Gasteiger partial charge in [-0.15, -0.1) is 5.10 Å². The Bertz CT molecular complexity index is 497. The Morgan fingerprint density at radius 1 is 1.17 bits per heavy atom. The average Bonchev–Trinajstić information content (AvgIpc) is 2.77.